The molecule has 23 heavy (non-hydrogen) atoms. The summed E-state index contributed by atoms with van der Waals surface area (Å²) in [5.41, 5.74) is 1.01. The number of hydrogen-bond donors (Lipinski definition) is 1. The number of halogens is 2. The van der Waals surface area contributed by atoms with Crippen LogP contribution in [0.15, 0.2) is 42.7 Å². The van der Waals surface area contributed by atoms with E-state index >= 15 is 0 Å². The summed E-state index contributed by atoms with van der Waals surface area (Å²) < 4.78 is 13.7. The SMILES string of the molecule is O=C(Cc1c(F)cccc1Cl)Nc1nnc(-c2ccncc2)s1. The molecule has 0 aliphatic heterocycles. The predicted octanol–water partition coefficient (Wildman–Crippen LogP) is 3.57. The molecule has 0 radical (unpaired) electrons. The Hall–Kier alpha value is -2.38. The van der Waals surface area contributed by atoms with Gasteiger partial charge < -0.3 is 5.32 Å². The summed E-state index contributed by atoms with van der Waals surface area (Å²) in [5, 5.41) is 11.7. The first kappa shape index (κ1) is 15.5. The number of nitrogens with zero attached hydrogens (tertiary/aromatic N) is 3. The third kappa shape index (κ3) is 3.69. The van der Waals surface area contributed by atoms with Gasteiger partial charge in [-0.2, -0.15) is 0 Å². The Morgan fingerprint density at radius 3 is 2.74 bits per heavy atom. The number of carbonyl (C=O) groups excluding carboxylic acids is 1. The molecule has 0 aliphatic rings. The largest absolute Gasteiger partial charge is 0.300 e. The van der Waals surface area contributed by atoms with E-state index in [0.717, 1.165) is 5.56 Å². The predicted molar refractivity (Wildman–Crippen MR) is 86.9 cm³/mol. The fourth-order valence-corrected chi connectivity index (χ4v) is 2.91. The van der Waals surface area contributed by atoms with Crippen LogP contribution >= 0.6 is 22.9 Å². The number of rotatable bonds is 4. The Bertz CT molecular complexity index is 820. The molecule has 5 nitrogen and oxygen atoms in total. The van der Waals surface area contributed by atoms with E-state index in [1.54, 1.807) is 30.6 Å². The number of aromatic nitrogens is 3. The van der Waals surface area contributed by atoms with Gasteiger partial charge in [-0.05, 0) is 24.3 Å². The first-order valence-electron chi connectivity index (χ1n) is 6.60. The van der Waals surface area contributed by atoms with E-state index < -0.39 is 11.7 Å². The first-order chi connectivity index (χ1) is 11.1. The molecule has 116 valence electrons. The van der Waals surface area contributed by atoms with E-state index in [9.17, 15) is 9.18 Å². The van der Waals surface area contributed by atoms with Crippen molar-refractivity contribution < 1.29 is 9.18 Å². The van der Waals surface area contributed by atoms with Crippen LogP contribution in [0.25, 0.3) is 10.6 Å². The maximum atomic E-state index is 13.7. The maximum Gasteiger partial charge on any atom is 0.230 e. The van der Waals surface area contributed by atoms with Gasteiger partial charge in [-0.15, -0.1) is 10.2 Å². The first-order valence-corrected chi connectivity index (χ1v) is 7.79. The molecule has 8 heteroatoms. The Morgan fingerprint density at radius 2 is 2.00 bits per heavy atom. The fraction of sp³-hybridized carbons (Fsp3) is 0.0667. The van der Waals surface area contributed by atoms with Crippen LogP contribution in [-0.2, 0) is 11.2 Å². The second-order valence-electron chi connectivity index (χ2n) is 4.57. The van der Waals surface area contributed by atoms with Crippen LogP contribution in [0.5, 0.6) is 0 Å². The standard InChI is InChI=1S/C15H10ClFN4OS/c16-11-2-1-3-12(17)10(11)8-13(22)19-15-21-20-14(23-15)9-4-6-18-7-5-9/h1-7H,8H2,(H,19,21,22). The summed E-state index contributed by atoms with van der Waals surface area (Å²) in [6.45, 7) is 0. The quantitative estimate of drug-likeness (QED) is 0.782. The summed E-state index contributed by atoms with van der Waals surface area (Å²) >= 11 is 7.13. The molecule has 1 N–H and O–H groups in total. The lowest BCUT2D eigenvalue weighted by Gasteiger charge is -2.05. The zero-order chi connectivity index (χ0) is 16.2. The highest BCUT2D eigenvalue weighted by Gasteiger charge is 2.14. The topological polar surface area (TPSA) is 67.8 Å². The van der Waals surface area contributed by atoms with Crippen molar-refractivity contribution in [1.82, 2.24) is 15.2 Å². The van der Waals surface area contributed by atoms with Gasteiger partial charge in [0.05, 0.1) is 6.42 Å². The van der Waals surface area contributed by atoms with Gasteiger partial charge in [-0.3, -0.25) is 9.78 Å². The summed E-state index contributed by atoms with van der Waals surface area (Å²) in [6.07, 6.45) is 3.13. The lowest BCUT2D eigenvalue weighted by molar-refractivity contribution is -0.115. The van der Waals surface area contributed by atoms with Gasteiger partial charge in [0, 0.05) is 28.5 Å². The Kier molecular flexibility index (Phi) is 4.59. The molecule has 0 unspecified atom stereocenters. The molecule has 1 amide bonds. The van der Waals surface area contributed by atoms with Crippen LogP contribution in [0.3, 0.4) is 0 Å². The zero-order valence-corrected chi connectivity index (χ0v) is 13.2. The van der Waals surface area contributed by atoms with E-state index in [4.69, 9.17) is 11.6 Å². The average Bonchev–Trinajstić information content (AvgIpc) is 3.00. The van der Waals surface area contributed by atoms with Gasteiger partial charge in [0.25, 0.3) is 0 Å². The number of amides is 1. The van der Waals surface area contributed by atoms with Gasteiger partial charge in [0.2, 0.25) is 11.0 Å². The molecule has 0 aliphatic carbocycles. The number of benzene rings is 1. The molecule has 0 saturated heterocycles. The second kappa shape index (κ2) is 6.80. The average molecular weight is 349 g/mol. The molecular formula is C15H10ClFN4OS. The van der Waals surface area contributed by atoms with E-state index in [1.165, 1.54) is 23.5 Å². The van der Waals surface area contributed by atoms with Crippen molar-refractivity contribution in [3.8, 4) is 10.6 Å². The van der Waals surface area contributed by atoms with Crippen LogP contribution in [0.2, 0.25) is 5.02 Å². The van der Waals surface area contributed by atoms with E-state index in [2.05, 4.69) is 20.5 Å². The zero-order valence-electron chi connectivity index (χ0n) is 11.7. The van der Waals surface area contributed by atoms with E-state index in [-0.39, 0.29) is 17.0 Å². The van der Waals surface area contributed by atoms with Crippen molar-refractivity contribution in [2.75, 3.05) is 5.32 Å². The van der Waals surface area contributed by atoms with Crippen molar-refractivity contribution in [1.29, 1.82) is 0 Å². The van der Waals surface area contributed by atoms with Gasteiger partial charge in [-0.25, -0.2) is 4.39 Å². The highest BCUT2D eigenvalue weighted by Crippen LogP contribution is 2.26. The van der Waals surface area contributed by atoms with Crippen LogP contribution in [0.1, 0.15) is 5.56 Å². The van der Waals surface area contributed by atoms with E-state index in [1.807, 2.05) is 0 Å². The van der Waals surface area contributed by atoms with Crippen molar-refractivity contribution >= 4 is 34.0 Å². The van der Waals surface area contributed by atoms with Gasteiger partial charge in [-0.1, -0.05) is 29.0 Å². The number of nitrogens with one attached hydrogen (secondary N) is 1. The monoisotopic (exact) mass is 348 g/mol. The van der Waals surface area contributed by atoms with Crippen LogP contribution in [0, 0.1) is 5.82 Å². The summed E-state index contributed by atoms with van der Waals surface area (Å²) in [5.74, 6) is -0.920. The van der Waals surface area contributed by atoms with Crippen LogP contribution in [-0.4, -0.2) is 21.1 Å². The molecule has 2 aromatic heterocycles. The number of hydrogen-bond acceptors (Lipinski definition) is 5. The van der Waals surface area contributed by atoms with Crippen molar-refractivity contribution in [2.24, 2.45) is 0 Å². The summed E-state index contributed by atoms with van der Waals surface area (Å²) in [7, 11) is 0. The smallest absolute Gasteiger partial charge is 0.230 e. The lowest BCUT2D eigenvalue weighted by Crippen LogP contribution is -2.15. The Morgan fingerprint density at radius 1 is 1.22 bits per heavy atom. The molecule has 0 atom stereocenters. The molecule has 0 fully saturated rings. The molecular weight excluding hydrogens is 339 g/mol. The molecule has 3 aromatic rings. The number of anilines is 1. The third-order valence-electron chi connectivity index (χ3n) is 3.00. The normalized spacial score (nSPS) is 10.5. The lowest BCUT2D eigenvalue weighted by atomic mass is 10.1. The van der Waals surface area contributed by atoms with Crippen molar-refractivity contribution in [3.63, 3.8) is 0 Å². The fourth-order valence-electron chi connectivity index (χ4n) is 1.91. The van der Waals surface area contributed by atoms with Gasteiger partial charge in [0.15, 0.2) is 0 Å². The highest BCUT2D eigenvalue weighted by molar-refractivity contribution is 7.18. The Labute approximate surface area is 140 Å². The minimum atomic E-state index is -0.512. The molecule has 1 aromatic carbocycles. The molecule has 0 spiro atoms. The maximum absolute atomic E-state index is 13.7. The Balaban J connectivity index is 1.70. The van der Waals surface area contributed by atoms with Gasteiger partial charge in [0.1, 0.15) is 10.8 Å². The van der Waals surface area contributed by atoms with Crippen LogP contribution < -0.4 is 5.32 Å². The summed E-state index contributed by atoms with van der Waals surface area (Å²) in [6, 6.07) is 7.89. The minimum Gasteiger partial charge on any atom is -0.300 e. The molecule has 3 rings (SSSR count). The molecule has 0 bridgehead atoms. The molecule has 2 heterocycles. The summed E-state index contributed by atoms with van der Waals surface area (Å²) in [4.78, 5) is 16.0. The minimum absolute atomic E-state index is 0.158. The van der Waals surface area contributed by atoms with Crippen molar-refractivity contribution in [3.05, 3.63) is 59.1 Å². The highest BCUT2D eigenvalue weighted by atomic mass is 35.5. The van der Waals surface area contributed by atoms with Crippen molar-refractivity contribution in [2.45, 2.75) is 6.42 Å². The second-order valence-corrected chi connectivity index (χ2v) is 5.96. The molecule has 0 saturated carbocycles. The van der Waals surface area contributed by atoms with Gasteiger partial charge >= 0.3 is 0 Å². The van der Waals surface area contributed by atoms with Crippen LogP contribution in [0.4, 0.5) is 9.52 Å². The van der Waals surface area contributed by atoms with E-state index in [0.29, 0.717) is 10.1 Å². The number of carbonyl (C=O) groups is 1. The number of pyridine rings is 1. The third-order valence-corrected chi connectivity index (χ3v) is 4.24.